The van der Waals surface area contributed by atoms with Gasteiger partial charge >= 0.3 is 5.97 Å². The largest absolute Gasteiger partial charge is 0.497 e. The van der Waals surface area contributed by atoms with Crippen LogP contribution in [0.25, 0.3) is 6.08 Å². The number of nitrogens with zero attached hydrogens (tertiary/aromatic N) is 2. The molecule has 0 spiro atoms. The molecule has 0 N–H and O–H groups in total. The lowest BCUT2D eigenvalue weighted by Gasteiger charge is -2.24. The highest BCUT2D eigenvalue weighted by Gasteiger charge is 2.33. The lowest BCUT2D eigenvalue weighted by molar-refractivity contribution is -0.138. The average Bonchev–Trinajstić information content (AvgIpc) is 3.20. The Morgan fingerprint density at radius 2 is 1.78 bits per heavy atom. The van der Waals surface area contributed by atoms with Crippen LogP contribution >= 0.6 is 11.3 Å². The summed E-state index contributed by atoms with van der Waals surface area (Å²) in [6.07, 6.45) is 3.23. The van der Waals surface area contributed by atoms with Crippen molar-refractivity contribution in [2.75, 3.05) is 27.9 Å². The van der Waals surface area contributed by atoms with Gasteiger partial charge in [-0.2, -0.15) is 0 Å². The molecule has 36 heavy (non-hydrogen) atoms. The maximum atomic E-state index is 13.8. The summed E-state index contributed by atoms with van der Waals surface area (Å²) < 4.78 is 23.4. The fourth-order valence-corrected chi connectivity index (χ4v) is 5.03. The topological polar surface area (TPSA) is 88.4 Å². The molecule has 0 unspecified atom stereocenters. The number of benzene rings is 2. The van der Waals surface area contributed by atoms with E-state index in [9.17, 15) is 9.59 Å². The molecule has 0 saturated heterocycles. The van der Waals surface area contributed by atoms with Crippen molar-refractivity contribution in [2.45, 2.75) is 13.0 Å². The van der Waals surface area contributed by atoms with Gasteiger partial charge in [0.15, 0.2) is 4.80 Å². The van der Waals surface area contributed by atoms with Gasteiger partial charge in [0.05, 0.1) is 43.2 Å². The van der Waals surface area contributed by atoms with Crippen LogP contribution in [0.3, 0.4) is 0 Å². The number of carbonyl (C=O) groups is 1. The van der Waals surface area contributed by atoms with E-state index in [1.165, 1.54) is 22.0 Å². The minimum absolute atomic E-state index is 0.0466. The molecule has 0 radical (unpaired) electrons. The molecule has 8 nitrogen and oxygen atoms in total. The number of hydrogen-bond acceptors (Lipinski definition) is 8. The Morgan fingerprint density at radius 3 is 2.42 bits per heavy atom. The van der Waals surface area contributed by atoms with Gasteiger partial charge in [-0.3, -0.25) is 9.36 Å². The Hall–Kier alpha value is -4.11. The van der Waals surface area contributed by atoms with Crippen LogP contribution in [0.5, 0.6) is 17.2 Å². The number of allylic oxidation sites excluding steroid dienone is 1. The van der Waals surface area contributed by atoms with Crippen molar-refractivity contribution in [3.05, 3.63) is 97.2 Å². The van der Waals surface area contributed by atoms with Crippen LogP contribution in [-0.4, -0.2) is 38.5 Å². The minimum Gasteiger partial charge on any atom is -0.497 e. The molecular weight excluding hydrogens is 480 g/mol. The van der Waals surface area contributed by atoms with Crippen molar-refractivity contribution in [1.82, 2.24) is 4.57 Å². The van der Waals surface area contributed by atoms with Gasteiger partial charge in [-0.05, 0) is 48.9 Å². The van der Waals surface area contributed by atoms with Crippen LogP contribution in [0.4, 0.5) is 0 Å². The van der Waals surface area contributed by atoms with E-state index in [4.69, 9.17) is 18.9 Å². The summed E-state index contributed by atoms with van der Waals surface area (Å²) in [5.41, 5.74) is 1.90. The predicted octanol–water partition coefficient (Wildman–Crippen LogP) is 2.99. The van der Waals surface area contributed by atoms with E-state index in [-0.39, 0.29) is 12.2 Å². The Labute approximate surface area is 212 Å². The lowest BCUT2D eigenvalue weighted by atomic mass is 9.96. The van der Waals surface area contributed by atoms with Crippen LogP contribution in [-0.2, 0) is 9.53 Å². The van der Waals surface area contributed by atoms with Crippen LogP contribution in [0, 0.1) is 0 Å². The van der Waals surface area contributed by atoms with Crippen LogP contribution in [0.2, 0.25) is 0 Å². The zero-order valence-corrected chi connectivity index (χ0v) is 21.3. The summed E-state index contributed by atoms with van der Waals surface area (Å²) >= 11 is 1.24. The first-order valence-corrected chi connectivity index (χ1v) is 11.9. The molecule has 1 aliphatic heterocycles. The SMILES string of the molecule is C=CCOC(=O)C1=C(C)N=c2s/c(=C/c3cc(OC)ccc3OC)c(=O)n2[C@H]1c1ccc(OC)cc1. The average molecular weight is 507 g/mol. The second-order valence-corrected chi connectivity index (χ2v) is 8.86. The first-order valence-electron chi connectivity index (χ1n) is 11.1. The molecule has 2 aromatic carbocycles. The molecule has 0 saturated carbocycles. The summed E-state index contributed by atoms with van der Waals surface area (Å²) in [6.45, 7) is 5.39. The second-order valence-electron chi connectivity index (χ2n) is 7.85. The number of methoxy groups -OCH3 is 3. The van der Waals surface area contributed by atoms with E-state index in [2.05, 4.69) is 11.6 Å². The third-order valence-corrected chi connectivity index (χ3v) is 6.71. The lowest BCUT2D eigenvalue weighted by Crippen LogP contribution is -2.39. The van der Waals surface area contributed by atoms with Crippen LogP contribution < -0.4 is 29.1 Å². The van der Waals surface area contributed by atoms with E-state index in [0.29, 0.717) is 43.4 Å². The molecule has 3 aromatic rings. The number of rotatable bonds is 8. The van der Waals surface area contributed by atoms with Crippen LogP contribution in [0.1, 0.15) is 24.1 Å². The van der Waals surface area contributed by atoms with E-state index in [1.807, 2.05) is 12.1 Å². The number of fused-ring (bicyclic) bond motifs is 1. The summed E-state index contributed by atoms with van der Waals surface area (Å²) in [7, 11) is 4.71. The zero-order chi connectivity index (χ0) is 25.8. The van der Waals surface area contributed by atoms with Crippen molar-refractivity contribution >= 4 is 23.4 Å². The van der Waals surface area contributed by atoms with Gasteiger partial charge in [-0.1, -0.05) is 36.1 Å². The molecule has 0 fully saturated rings. The Bertz CT molecular complexity index is 1520. The maximum Gasteiger partial charge on any atom is 0.338 e. The van der Waals surface area contributed by atoms with Gasteiger partial charge < -0.3 is 18.9 Å². The fraction of sp³-hybridized carbons (Fsp3) is 0.222. The zero-order valence-electron chi connectivity index (χ0n) is 20.4. The normalized spacial score (nSPS) is 15.1. The van der Waals surface area contributed by atoms with Crippen LogP contribution in [0.15, 0.2) is 76.2 Å². The molecule has 1 aliphatic rings. The monoisotopic (exact) mass is 506 g/mol. The summed E-state index contributed by atoms with van der Waals surface area (Å²) in [6, 6.07) is 11.9. The van der Waals surface area contributed by atoms with Crippen molar-refractivity contribution in [3.8, 4) is 17.2 Å². The van der Waals surface area contributed by atoms with Gasteiger partial charge in [-0.15, -0.1) is 0 Å². The predicted molar refractivity (Wildman–Crippen MR) is 137 cm³/mol. The molecule has 9 heteroatoms. The molecule has 4 rings (SSSR count). The smallest absolute Gasteiger partial charge is 0.338 e. The molecule has 1 atom stereocenters. The Morgan fingerprint density at radius 1 is 1.08 bits per heavy atom. The van der Waals surface area contributed by atoms with Gasteiger partial charge in [-0.25, -0.2) is 9.79 Å². The summed E-state index contributed by atoms with van der Waals surface area (Å²) in [4.78, 5) is 31.9. The quantitative estimate of drug-likeness (QED) is 0.345. The minimum atomic E-state index is -0.723. The number of aromatic nitrogens is 1. The molecule has 0 aliphatic carbocycles. The van der Waals surface area contributed by atoms with E-state index in [0.717, 1.165) is 5.56 Å². The fourth-order valence-electron chi connectivity index (χ4n) is 3.99. The molecule has 0 bridgehead atoms. The number of esters is 1. The second kappa shape index (κ2) is 10.7. The van der Waals surface area contributed by atoms with Crippen molar-refractivity contribution in [1.29, 1.82) is 0 Å². The van der Waals surface area contributed by atoms with Gasteiger partial charge in [0, 0.05) is 5.56 Å². The van der Waals surface area contributed by atoms with E-state index >= 15 is 0 Å². The van der Waals surface area contributed by atoms with Gasteiger partial charge in [0.1, 0.15) is 23.9 Å². The number of thiazole rings is 1. The highest BCUT2D eigenvalue weighted by atomic mass is 32.1. The number of carbonyl (C=O) groups excluding carboxylic acids is 1. The standard InChI is InChI=1S/C27H26N2O6S/c1-6-13-35-26(31)23-16(2)28-27-29(24(23)17-7-9-19(32-3)10-8-17)25(30)22(36-27)15-18-14-20(33-4)11-12-21(18)34-5/h6-12,14-15,24H,1,13H2,2-5H3/b22-15+/t24-/m0/s1. The van der Waals surface area contributed by atoms with Crippen molar-refractivity contribution in [3.63, 3.8) is 0 Å². The first kappa shape index (κ1) is 25.0. The Kier molecular flexibility index (Phi) is 7.40. The molecular formula is C27H26N2O6S. The third-order valence-electron chi connectivity index (χ3n) is 5.73. The number of ether oxygens (including phenoxy) is 4. The van der Waals surface area contributed by atoms with Crippen molar-refractivity contribution in [2.24, 2.45) is 4.99 Å². The molecule has 2 heterocycles. The maximum absolute atomic E-state index is 13.8. The molecule has 186 valence electrons. The molecule has 0 amide bonds. The highest BCUT2D eigenvalue weighted by Crippen LogP contribution is 2.32. The molecule has 1 aromatic heterocycles. The summed E-state index contributed by atoms with van der Waals surface area (Å²) in [5, 5.41) is 0. The van der Waals surface area contributed by atoms with Crippen molar-refractivity contribution < 1.29 is 23.7 Å². The number of hydrogen-bond donors (Lipinski definition) is 0. The Balaban J connectivity index is 1.94. The highest BCUT2D eigenvalue weighted by molar-refractivity contribution is 7.07. The van der Waals surface area contributed by atoms with Gasteiger partial charge in [0.25, 0.3) is 5.56 Å². The first-order chi connectivity index (χ1) is 17.4. The van der Waals surface area contributed by atoms with E-state index in [1.54, 1.807) is 64.7 Å². The summed E-state index contributed by atoms with van der Waals surface area (Å²) in [5.74, 6) is 1.33. The van der Waals surface area contributed by atoms with Gasteiger partial charge in [0.2, 0.25) is 0 Å². The van der Waals surface area contributed by atoms with E-state index < -0.39 is 12.0 Å². The third kappa shape index (κ3) is 4.70.